The third kappa shape index (κ3) is 5.96. The number of anilines is 1. The van der Waals surface area contributed by atoms with Gasteiger partial charge in [0.05, 0.1) is 5.41 Å². The molecule has 178 valence electrons. The van der Waals surface area contributed by atoms with Crippen molar-refractivity contribution < 1.29 is 9.53 Å². The van der Waals surface area contributed by atoms with Crippen LogP contribution in [0.1, 0.15) is 62.6 Å². The molecule has 2 heterocycles. The molecule has 2 aliphatic rings. The monoisotopic (exact) mass is 469 g/mol. The quantitative estimate of drug-likeness (QED) is 0.474. The summed E-state index contributed by atoms with van der Waals surface area (Å²) in [5.74, 6) is 0.885. The van der Waals surface area contributed by atoms with Crippen molar-refractivity contribution in [2.24, 2.45) is 0 Å². The van der Waals surface area contributed by atoms with Crippen LogP contribution in [0.5, 0.6) is 5.75 Å². The summed E-state index contributed by atoms with van der Waals surface area (Å²) in [6.07, 6.45) is 7.00. The minimum Gasteiger partial charge on any atom is -0.492 e. The molecule has 1 fully saturated rings. The number of halogens is 1. The van der Waals surface area contributed by atoms with E-state index in [-0.39, 0.29) is 5.91 Å². The van der Waals surface area contributed by atoms with Crippen LogP contribution in [0.4, 0.5) is 5.69 Å². The molecule has 0 aromatic heterocycles. The molecule has 1 amide bonds. The number of likely N-dealkylation sites (tertiary alicyclic amines) is 1. The molecule has 0 unspecified atom stereocenters. The number of aryl methyl sites for hydroxylation is 1. The smallest absolute Gasteiger partial charge is 0.235 e. The highest BCUT2D eigenvalue weighted by Crippen LogP contribution is 2.45. The number of carbonyl (C=O) groups is 1. The molecule has 6 heteroatoms. The van der Waals surface area contributed by atoms with Crippen LogP contribution >= 0.6 is 11.6 Å². The molecule has 0 atom stereocenters. The molecule has 2 N–H and O–H groups in total. The molecule has 2 aromatic rings. The number of hydrogen-bond donors (Lipinski definition) is 2. The number of rotatable bonds is 7. The van der Waals surface area contributed by atoms with E-state index in [2.05, 4.69) is 24.1 Å². The third-order valence-electron chi connectivity index (χ3n) is 6.68. The molecule has 33 heavy (non-hydrogen) atoms. The SMILES string of the molecule is CCCCC.Cc1ccc(OCCN2CCC3(CC2)C(=O)Nc2ccc(Cl)cc23)cc1C=N. The first-order chi connectivity index (χ1) is 15.9. The zero-order valence-corrected chi connectivity index (χ0v) is 20.8. The van der Waals surface area contributed by atoms with E-state index in [1.165, 1.54) is 25.5 Å². The minimum absolute atomic E-state index is 0.0968. The van der Waals surface area contributed by atoms with Crippen molar-refractivity contribution in [2.45, 2.75) is 58.3 Å². The molecule has 5 nitrogen and oxygen atoms in total. The van der Waals surface area contributed by atoms with Crippen molar-refractivity contribution in [1.82, 2.24) is 4.90 Å². The average molecular weight is 470 g/mol. The number of benzene rings is 2. The Morgan fingerprint density at radius 2 is 1.88 bits per heavy atom. The van der Waals surface area contributed by atoms with Gasteiger partial charge in [-0.15, -0.1) is 0 Å². The molecule has 0 aliphatic carbocycles. The summed E-state index contributed by atoms with van der Waals surface area (Å²) < 4.78 is 5.87. The number of unbranched alkanes of at least 4 members (excludes halogenated alkanes) is 2. The largest absolute Gasteiger partial charge is 0.492 e. The zero-order valence-electron chi connectivity index (χ0n) is 20.0. The van der Waals surface area contributed by atoms with E-state index in [1.54, 1.807) is 0 Å². The Balaban J connectivity index is 0.000000555. The van der Waals surface area contributed by atoms with Gasteiger partial charge in [0, 0.05) is 23.5 Å². The third-order valence-corrected chi connectivity index (χ3v) is 6.91. The van der Waals surface area contributed by atoms with Crippen molar-refractivity contribution in [2.75, 3.05) is 31.6 Å². The van der Waals surface area contributed by atoms with Gasteiger partial charge >= 0.3 is 0 Å². The summed E-state index contributed by atoms with van der Waals surface area (Å²) in [5.41, 5.74) is 3.43. The Hall–Kier alpha value is -2.37. The number of piperidine rings is 1. The van der Waals surface area contributed by atoms with Gasteiger partial charge in [-0.25, -0.2) is 0 Å². The van der Waals surface area contributed by atoms with E-state index >= 15 is 0 Å². The standard InChI is InChI=1S/C22H24ClN3O2.C5H12/c1-15-2-4-18(12-16(15)14-24)28-11-10-26-8-6-22(7-9-26)19-13-17(23)3-5-20(19)25-21(22)27;1-3-5-4-2/h2-5,12-14,24H,6-11H2,1H3,(H,25,27);3-5H2,1-2H3. The second-order valence-electron chi connectivity index (χ2n) is 8.93. The Labute approximate surface area is 203 Å². The number of nitrogens with zero attached hydrogens (tertiary/aromatic N) is 1. The van der Waals surface area contributed by atoms with E-state index in [0.29, 0.717) is 11.6 Å². The highest BCUT2D eigenvalue weighted by molar-refractivity contribution is 6.31. The molecular weight excluding hydrogens is 434 g/mol. The minimum atomic E-state index is -0.451. The second-order valence-corrected chi connectivity index (χ2v) is 9.37. The Morgan fingerprint density at radius 3 is 2.52 bits per heavy atom. The molecule has 1 saturated heterocycles. The number of carbonyl (C=O) groups excluding carboxylic acids is 1. The van der Waals surface area contributed by atoms with E-state index in [9.17, 15) is 4.79 Å². The van der Waals surface area contributed by atoms with E-state index in [4.69, 9.17) is 21.7 Å². The van der Waals surface area contributed by atoms with Crippen LogP contribution in [-0.4, -0.2) is 43.3 Å². The fourth-order valence-corrected chi connectivity index (χ4v) is 4.72. The lowest BCUT2D eigenvalue weighted by molar-refractivity contribution is -0.122. The zero-order chi connectivity index (χ0) is 23.8. The Kier molecular flexibility index (Phi) is 8.93. The summed E-state index contributed by atoms with van der Waals surface area (Å²) in [4.78, 5) is 15.0. The van der Waals surface area contributed by atoms with Gasteiger partial charge in [0.2, 0.25) is 5.91 Å². The Morgan fingerprint density at radius 1 is 1.15 bits per heavy atom. The molecule has 4 rings (SSSR count). The lowest BCUT2D eigenvalue weighted by Gasteiger charge is -2.38. The van der Waals surface area contributed by atoms with Crippen molar-refractivity contribution in [3.8, 4) is 5.75 Å². The molecule has 0 radical (unpaired) electrons. The number of amides is 1. The highest BCUT2D eigenvalue weighted by Gasteiger charge is 2.48. The predicted octanol–water partition coefficient (Wildman–Crippen LogP) is 6.21. The second kappa shape index (κ2) is 11.7. The first-order valence-corrected chi connectivity index (χ1v) is 12.4. The average Bonchev–Trinajstić information content (AvgIpc) is 3.08. The molecule has 0 bridgehead atoms. The number of fused-ring (bicyclic) bond motifs is 2. The number of nitrogens with one attached hydrogen (secondary N) is 2. The van der Waals surface area contributed by atoms with E-state index in [1.807, 2.05) is 43.3 Å². The first kappa shape index (κ1) is 25.3. The van der Waals surface area contributed by atoms with Crippen LogP contribution in [0, 0.1) is 12.3 Å². The van der Waals surface area contributed by atoms with Gasteiger partial charge in [-0.1, -0.05) is 50.8 Å². The van der Waals surface area contributed by atoms with Crippen molar-refractivity contribution in [1.29, 1.82) is 5.41 Å². The van der Waals surface area contributed by atoms with Crippen LogP contribution in [0.25, 0.3) is 0 Å². The van der Waals surface area contributed by atoms with Gasteiger partial charge in [-0.3, -0.25) is 9.69 Å². The molecule has 2 aliphatic heterocycles. The van der Waals surface area contributed by atoms with Crippen LogP contribution in [0.3, 0.4) is 0 Å². The lowest BCUT2D eigenvalue weighted by atomic mass is 9.73. The maximum Gasteiger partial charge on any atom is 0.235 e. The molecular formula is C27H36ClN3O2. The van der Waals surface area contributed by atoms with Gasteiger partial charge in [0.1, 0.15) is 12.4 Å². The van der Waals surface area contributed by atoms with Gasteiger partial charge in [-0.05, 0) is 79.9 Å². The Bertz CT molecular complexity index is 966. The summed E-state index contributed by atoms with van der Waals surface area (Å²) >= 11 is 6.18. The van der Waals surface area contributed by atoms with Gasteiger partial charge in [0.25, 0.3) is 0 Å². The summed E-state index contributed by atoms with van der Waals surface area (Å²) in [6, 6.07) is 11.5. The topological polar surface area (TPSA) is 65.4 Å². The fourth-order valence-electron chi connectivity index (χ4n) is 4.55. The summed E-state index contributed by atoms with van der Waals surface area (Å²) in [6.45, 7) is 9.51. The lowest BCUT2D eigenvalue weighted by Crippen LogP contribution is -2.47. The number of ether oxygens (including phenoxy) is 1. The van der Waals surface area contributed by atoms with Crippen LogP contribution in [0.15, 0.2) is 36.4 Å². The van der Waals surface area contributed by atoms with Crippen LogP contribution in [-0.2, 0) is 10.2 Å². The fraction of sp³-hybridized carbons (Fsp3) is 0.481. The maximum absolute atomic E-state index is 12.7. The van der Waals surface area contributed by atoms with Crippen LogP contribution < -0.4 is 10.1 Å². The van der Waals surface area contributed by atoms with Crippen molar-refractivity contribution >= 4 is 29.4 Å². The van der Waals surface area contributed by atoms with Crippen molar-refractivity contribution in [3.63, 3.8) is 0 Å². The van der Waals surface area contributed by atoms with Gasteiger partial charge in [0.15, 0.2) is 0 Å². The highest BCUT2D eigenvalue weighted by atomic mass is 35.5. The maximum atomic E-state index is 12.7. The molecule has 2 aromatic carbocycles. The van der Waals surface area contributed by atoms with Crippen molar-refractivity contribution in [3.05, 3.63) is 58.1 Å². The number of hydrogen-bond acceptors (Lipinski definition) is 4. The summed E-state index contributed by atoms with van der Waals surface area (Å²) in [7, 11) is 0. The van der Waals surface area contributed by atoms with Gasteiger partial charge in [-0.2, -0.15) is 0 Å². The van der Waals surface area contributed by atoms with E-state index < -0.39 is 5.41 Å². The summed E-state index contributed by atoms with van der Waals surface area (Å²) in [5, 5.41) is 11.1. The molecule has 1 spiro atoms. The van der Waals surface area contributed by atoms with E-state index in [0.717, 1.165) is 60.6 Å². The normalized spacial score (nSPS) is 16.5. The van der Waals surface area contributed by atoms with Crippen LogP contribution in [0.2, 0.25) is 5.02 Å². The van der Waals surface area contributed by atoms with Gasteiger partial charge < -0.3 is 15.5 Å². The molecule has 0 saturated carbocycles. The first-order valence-electron chi connectivity index (χ1n) is 12.0. The predicted molar refractivity (Wildman–Crippen MR) is 137 cm³/mol.